The highest BCUT2D eigenvalue weighted by atomic mass is 127. The minimum absolute atomic E-state index is 0.496. The molecule has 1 fully saturated rings. The maximum Gasteiger partial charge on any atom is 0.186 e. The zero-order chi connectivity index (χ0) is 10.0. The van der Waals surface area contributed by atoms with Crippen LogP contribution in [0.1, 0.15) is 0 Å². The fourth-order valence-electron chi connectivity index (χ4n) is 1.24. The van der Waals surface area contributed by atoms with Crippen molar-refractivity contribution in [3.8, 4) is 0 Å². The molecule has 6 heteroatoms. The van der Waals surface area contributed by atoms with Gasteiger partial charge in [-0.2, -0.15) is 0 Å². The predicted molar refractivity (Wildman–Crippen MR) is 52.6 cm³/mol. The third-order valence-electron chi connectivity index (χ3n) is 2.05. The third-order valence-corrected chi connectivity index (χ3v) is 2.92. The molecule has 3 N–H and O–H groups in total. The van der Waals surface area contributed by atoms with Crippen molar-refractivity contribution in [2.24, 2.45) is 0 Å². The highest BCUT2D eigenvalue weighted by Crippen LogP contribution is 2.22. The van der Waals surface area contributed by atoms with Gasteiger partial charge in [0.15, 0.2) is 6.29 Å². The average Bonchev–Trinajstić information content (AvgIpc) is 2.15. The van der Waals surface area contributed by atoms with Gasteiger partial charge in [0.05, 0.1) is 6.10 Å². The van der Waals surface area contributed by atoms with Crippen molar-refractivity contribution in [2.75, 3.05) is 11.5 Å². The summed E-state index contributed by atoms with van der Waals surface area (Å²) in [7, 11) is 1.38. The van der Waals surface area contributed by atoms with Crippen LogP contribution in [0.3, 0.4) is 0 Å². The van der Waals surface area contributed by atoms with Gasteiger partial charge in [-0.25, -0.2) is 0 Å². The molecule has 1 saturated heterocycles. The van der Waals surface area contributed by atoms with Crippen molar-refractivity contribution in [3.63, 3.8) is 0 Å². The quantitative estimate of drug-likeness (QED) is 0.445. The number of hydrogen-bond acceptors (Lipinski definition) is 5. The van der Waals surface area contributed by atoms with Gasteiger partial charge in [0.1, 0.15) is 18.3 Å². The van der Waals surface area contributed by atoms with Crippen LogP contribution >= 0.6 is 22.6 Å². The zero-order valence-corrected chi connectivity index (χ0v) is 9.29. The Bertz CT molecular complexity index is 147. The first-order chi connectivity index (χ1) is 6.11. The average molecular weight is 304 g/mol. The van der Waals surface area contributed by atoms with E-state index in [1.54, 1.807) is 0 Å². The standard InChI is InChI=1S/C7H13IO5/c1-12-7-6(11)5(10)4(9)3(2-8)13-7/h3-7,9-11H,2H2,1H3/t3-,4+,5+,6+,7-/m0/s1. The van der Waals surface area contributed by atoms with Gasteiger partial charge in [0.25, 0.3) is 0 Å². The first-order valence-corrected chi connectivity index (χ1v) is 5.42. The van der Waals surface area contributed by atoms with Crippen LogP contribution in [-0.4, -0.2) is 57.6 Å². The molecule has 13 heavy (non-hydrogen) atoms. The summed E-state index contributed by atoms with van der Waals surface area (Å²) in [5.41, 5.74) is 0. The number of halogens is 1. The minimum Gasteiger partial charge on any atom is -0.388 e. The number of alkyl halides is 1. The molecule has 0 aliphatic carbocycles. The molecule has 1 rings (SSSR count). The zero-order valence-electron chi connectivity index (χ0n) is 7.13. The molecule has 1 heterocycles. The summed E-state index contributed by atoms with van der Waals surface area (Å²) in [6.45, 7) is 0. The van der Waals surface area contributed by atoms with Gasteiger partial charge in [-0.05, 0) is 0 Å². The second kappa shape index (κ2) is 4.85. The molecule has 0 saturated carbocycles. The molecular formula is C7H13IO5. The van der Waals surface area contributed by atoms with Gasteiger partial charge in [0, 0.05) is 11.5 Å². The van der Waals surface area contributed by atoms with Crippen molar-refractivity contribution < 1.29 is 24.8 Å². The lowest BCUT2D eigenvalue weighted by atomic mass is 10.0. The van der Waals surface area contributed by atoms with E-state index < -0.39 is 30.7 Å². The van der Waals surface area contributed by atoms with Gasteiger partial charge in [0.2, 0.25) is 0 Å². The molecule has 5 nitrogen and oxygen atoms in total. The van der Waals surface area contributed by atoms with Crippen LogP contribution in [0.25, 0.3) is 0 Å². The molecule has 5 atom stereocenters. The van der Waals surface area contributed by atoms with Crippen LogP contribution in [0.4, 0.5) is 0 Å². The van der Waals surface area contributed by atoms with E-state index in [9.17, 15) is 15.3 Å². The highest BCUT2D eigenvalue weighted by molar-refractivity contribution is 14.1. The Morgan fingerprint density at radius 3 is 2.31 bits per heavy atom. The van der Waals surface area contributed by atoms with Gasteiger partial charge in [-0.1, -0.05) is 22.6 Å². The van der Waals surface area contributed by atoms with Gasteiger partial charge in [-0.15, -0.1) is 0 Å². The number of aliphatic hydroxyl groups excluding tert-OH is 3. The van der Waals surface area contributed by atoms with Crippen molar-refractivity contribution >= 4 is 22.6 Å². The Kier molecular flexibility index (Phi) is 4.33. The van der Waals surface area contributed by atoms with Crippen LogP contribution in [0.15, 0.2) is 0 Å². The van der Waals surface area contributed by atoms with E-state index in [0.717, 1.165) is 0 Å². The SMILES string of the molecule is CO[C@H]1O[C@@H](CI)[C@@H](O)[C@@H](O)[C@H]1O. The van der Waals surface area contributed by atoms with Crippen LogP contribution in [0, 0.1) is 0 Å². The van der Waals surface area contributed by atoms with E-state index in [4.69, 9.17) is 9.47 Å². The Morgan fingerprint density at radius 2 is 1.85 bits per heavy atom. The lowest BCUT2D eigenvalue weighted by Crippen LogP contribution is -2.58. The van der Waals surface area contributed by atoms with Gasteiger partial charge in [-0.3, -0.25) is 0 Å². The minimum atomic E-state index is -1.21. The smallest absolute Gasteiger partial charge is 0.186 e. The van der Waals surface area contributed by atoms with Crippen LogP contribution < -0.4 is 0 Å². The summed E-state index contributed by atoms with van der Waals surface area (Å²) in [5, 5.41) is 28.2. The Hall–Kier alpha value is 0.530. The number of aliphatic hydroxyl groups is 3. The predicted octanol–water partition coefficient (Wildman–Crippen LogP) is -1.12. The second-order valence-corrected chi connectivity index (χ2v) is 3.79. The van der Waals surface area contributed by atoms with E-state index in [1.807, 2.05) is 22.6 Å². The van der Waals surface area contributed by atoms with Crippen LogP contribution in [0.5, 0.6) is 0 Å². The van der Waals surface area contributed by atoms with Gasteiger partial charge < -0.3 is 24.8 Å². The summed E-state index contributed by atoms with van der Waals surface area (Å²) in [5.74, 6) is 0. The summed E-state index contributed by atoms with van der Waals surface area (Å²) in [6, 6.07) is 0. The first kappa shape index (κ1) is 11.6. The third kappa shape index (κ3) is 2.31. The molecule has 1 aliphatic heterocycles. The van der Waals surface area contributed by atoms with Gasteiger partial charge >= 0.3 is 0 Å². The van der Waals surface area contributed by atoms with Crippen molar-refractivity contribution in [1.29, 1.82) is 0 Å². The van der Waals surface area contributed by atoms with E-state index in [-0.39, 0.29) is 0 Å². The van der Waals surface area contributed by atoms with E-state index in [2.05, 4.69) is 0 Å². The summed E-state index contributed by atoms with van der Waals surface area (Å²) >= 11 is 2.03. The number of rotatable bonds is 2. The van der Waals surface area contributed by atoms with Crippen molar-refractivity contribution in [2.45, 2.75) is 30.7 Å². The number of methoxy groups -OCH3 is 1. The molecule has 0 unspecified atom stereocenters. The summed E-state index contributed by atoms with van der Waals surface area (Å²) in [4.78, 5) is 0. The first-order valence-electron chi connectivity index (χ1n) is 3.90. The lowest BCUT2D eigenvalue weighted by Gasteiger charge is -2.39. The van der Waals surface area contributed by atoms with Crippen molar-refractivity contribution in [3.05, 3.63) is 0 Å². The van der Waals surface area contributed by atoms with Crippen LogP contribution in [-0.2, 0) is 9.47 Å². The topological polar surface area (TPSA) is 79.2 Å². The fourth-order valence-corrected chi connectivity index (χ4v) is 1.97. The summed E-state index contributed by atoms with van der Waals surface area (Å²) < 4.78 is 10.5. The molecule has 78 valence electrons. The maximum absolute atomic E-state index is 9.43. The maximum atomic E-state index is 9.43. The van der Waals surface area contributed by atoms with E-state index in [1.165, 1.54) is 7.11 Å². The fraction of sp³-hybridized carbons (Fsp3) is 1.00. The highest BCUT2D eigenvalue weighted by Gasteiger charge is 2.43. The molecule has 0 aromatic rings. The molecule has 0 radical (unpaired) electrons. The molecule has 0 aromatic carbocycles. The number of ether oxygens (including phenoxy) is 2. The lowest BCUT2D eigenvalue weighted by molar-refractivity contribution is -0.284. The molecule has 0 spiro atoms. The monoisotopic (exact) mass is 304 g/mol. The molecule has 0 bridgehead atoms. The Balaban J connectivity index is 2.66. The Labute approximate surface area is 89.8 Å². The molecule has 1 aliphatic rings. The van der Waals surface area contributed by atoms with Crippen LogP contribution in [0.2, 0.25) is 0 Å². The molecule has 0 aromatic heterocycles. The van der Waals surface area contributed by atoms with E-state index in [0.29, 0.717) is 4.43 Å². The Morgan fingerprint density at radius 1 is 1.23 bits per heavy atom. The molecule has 0 amide bonds. The second-order valence-electron chi connectivity index (χ2n) is 2.90. The molecular weight excluding hydrogens is 291 g/mol. The number of hydrogen-bond donors (Lipinski definition) is 3. The van der Waals surface area contributed by atoms with Crippen molar-refractivity contribution in [1.82, 2.24) is 0 Å². The normalized spacial score (nSPS) is 46.4. The summed E-state index contributed by atoms with van der Waals surface area (Å²) in [6.07, 6.45) is -4.82. The largest absolute Gasteiger partial charge is 0.388 e. The van der Waals surface area contributed by atoms with E-state index >= 15 is 0 Å².